The van der Waals surface area contributed by atoms with Crippen LogP contribution in [-0.2, 0) is 4.79 Å². The molecule has 0 bridgehead atoms. The van der Waals surface area contributed by atoms with Crippen molar-refractivity contribution >= 4 is 11.8 Å². The minimum atomic E-state index is -0.852. The summed E-state index contributed by atoms with van der Waals surface area (Å²) in [6.45, 7) is 5.46. The minimum absolute atomic E-state index is 0.0451. The van der Waals surface area contributed by atoms with Crippen molar-refractivity contribution in [2.24, 2.45) is 4.99 Å². The quantitative estimate of drug-likeness (QED) is 0.401. The molecule has 2 atom stereocenters. The van der Waals surface area contributed by atoms with Gasteiger partial charge >= 0.3 is 5.97 Å². The highest BCUT2D eigenvalue weighted by molar-refractivity contribution is 5.80. The molecule has 0 spiro atoms. The molecule has 1 rings (SSSR count). The molecule has 0 aromatic heterocycles. The van der Waals surface area contributed by atoms with Gasteiger partial charge in [0.1, 0.15) is 6.54 Å². The van der Waals surface area contributed by atoms with Crippen molar-refractivity contribution in [3.63, 3.8) is 0 Å². The number of hydrogen-bond donors (Lipinski definition) is 2. The van der Waals surface area contributed by atoms with Gasteiger partial charge in [-0.1, -0.05) is 52.4 Å². The molecule has 1 aliphatic heterocycles. The Hall–Kier alpha value is -0.940. The van der Waals surface area contributed by atoms with Crippen LogP contribution in [0.2, 0.25) is 0 Å². The van der Waals surface area contributed by atoms with Crippen LogP contribution in [0.4, 0.5) is 0 Å². The fourth-order valence-electron chi connectivity index (χ4n) is 3.51. The first kappa shape index (κ1) is 20.1. The van der Waals surface area contributed by atoms with Gasteiger partial charge in [0.25, 0.3) is 0 Å². The van der Waals surface area contributed by atoms with E-state index < -0.39 is 12.2 Å². The molecule has 0 aromatic carbocycles. The second kappa shape index (κ2) is 10.8. The summed E-state index contributed by atoms with van der Waals surface area (Å²) in [6.07, 6.45) is 10.3. The highest BCUT2D eigenvalue weighted by Crippen LogP contribution is 2.25. The number of aliphatic carboxylic acids is 1. The lowest BCUT2D eigenvalue weighted by molar-refractivity contribution is -0.880. The number of hydrogen-bond acceptors (Lipinski definition) is 3. The number of carboxylic acid groups (broad SMARTS) is 1. The van der Waals surface area contributed by atoms with Gasteiger partial charge in [0.05, 0.1) is 6.54 Å². The Morgan fingerprint density at radius 3 is 2.39 bits per heavy atom. The van der Waals surface area contributed by atoms with Crippen molar-refractivity contribution < 1.29 is 19.5 Å². The molecule has 0 saturated heterocycles. The zero-order valence-electron chi connectivity index (χ0n) is 15.0. The SMILES string of the molecule is CCCCCCCCCC1=NCC[N+]1(CC(=O)O)C(O)CCC. The number of aliphatic imine (C=N–C) groups is 1. The van der Waals surface area contributed by atoms with E-state index in [1.807, 2.05) is 6.92 Å². The molecule has 5 heteroatoms. The molecular formula is C18H35N2O3+. The van der Waals surface area contributed by atoms with E-state index in [4.69, 9.17) is 0 Å². The molecule has 0 aliphatic carbocycles. The molecule has 5 nitrogen and oxygen atoms in total. The zero-order chi connectivity index (χ0) is 17.1. The number of aliphatic hydroxyl groups is 1. The summed E-state index contributed by atoms with van der Waals surface area (Å²) in [5, 5.41) is 19.8. The molecule has 2 unspecified atom stereocenters. The second-order valence-electron chi connectivity index (χ2n) is 6.75. The smallest absolute Gasteiger partial charge is 0.359 e. The van der Waals surface area contributed by atoms with Crippen LogP contribution in [0.15, 0.2) is 4.99 Å². The Labute approximate surface area is 141 Å². The first-order chi connectivity index (χ1) is 11.1. The van der Waals surface area contributed by atoms with Crippen LogP contribution in [0.25, 0.3) is 0 Å². The minimum Gasteiger partial charge on any atom is -0.477 e. The molecule has 0 saturated carbocycles. The van der Waals surface area contributed by atoms with E-state index in [1.165, 1.54) is 38.5 Å². The van der Waals surface area contributed by atoms with Gasteiger partial charge in [0.2, 0.25) is 5.84 Å². The first-order valence-electron chi connectivity index (χ1n) is 9.37. The molecule has 2 N–H and O–H groups in total. The van der Waals surface area contributed by atoms with Gasteiger partial charge in [-0.2, -0.15) is 0 Å². The number of unbranched alkanes of at least 4 members (excludes halogenated alkanes) is 6. The largest absolute Gasteiger partial charge is 0.477 e. The highest BCUT2D eigenvalue weighted by atomic mass is 16.4. The summed E-state index contributed by atoms with van der Waals surface area (Å²) in [6, 6.07) is 0. The third-order valence-corrected chi connectivity index (χ3v) is 4.85. The maximum absolute atomic E-state index is 11.3. The maximum Gasteiger partial charge on any atom is 0.359 e. The van der Waals surface area contributed by atoms with Crippen LogP contribution in [0.1, 0.15) is 78.1 Å². The standard InChI is InChI=1S/C18H34N2O3/c1-3-5-6-7-8-9-10-12-16-19-13-14-20(16,15-18(22)23)17(21)11-4-2/h17,21H,3-15H2,1-2H3/p+1. The third-order valence-electron chi connectivity index (χ3n) is 4.85. The van der Waals surface area contributed by atoms with Gasteiger partial charge in [-0.25, -0.2) is 14.3 Å². The van der Waals surface area contributed by atoms with E-state index in [-0.39, 0.29) is 11.0 Å². The Kier molecular flexibility index (Phi) is 9.41. The fraction of sp³-hybridized carbons (Fsp3) is 0.889. The third kappa shape index (κ3) is 6.22. The van der Waals surface area contributed by atoms with Crippen molar-refractivity contribution in [3.8, 4) is 0 Å². The number of aliphatic hydroxyl groups excluding tert-OH is 1. The molecule has 0 amide bonds. The van der Waals surface area contributed by atoms with Gasteiger partial charge < -0.3 is 10.2 Å². The van der Waals surface area contributed by atoms with Crippen LogP contribution in [0.5, 0.6) is 0 Å². The van der Waals surface area contributed by atoms with Crippen LogP contribution < -0.4 is 0 Å². The summed E-state index contributed by atoms with van der Waals surface area (Å²) in [7, 11) is 0. The van der Waals surface area contributed by atoms with Gasteiger partial charge in [0, 0.05) is 12.8 Å². The zero-order valence-corrected chi connectivity index (χ0v) is 15.0. The van der Waals surface area contributed by atoms with E-state index in [1.54, 1.807) is 0 Å². The maximum atomic E-state index is 11.3. The van der Waals surface area contributed by atoms with E-state index in [0.717, 1.165) is 25.1 Å². The molecule has 0 radical (unpaired) electrons. The average molecular weight is 327 g/mol. The number of amidine groups is 1. The van der Waals surface area contributed by atoms with Crippen LogP contribution in [-0.4, -0.2) is 52.4 Å². The lowest BCUT2D eigenvalue weighted by Crippen LogP contribution is -2.60. The second-order valence-corrected chi connectivity index (χ2v) is 6.75. The number of nitrogens with zero attached hydrogens (tertiary/aromatic N) is 2. The van der Waals surface area contributed by atoms with Crippen molar-refractivity contribution in [2.75, 3.05) is 19.6 Å². The Balaban J connectivity index is 2.51. The molecule has 134 valence electrons. The molecule has 1 heterocycles. The van der Waals surface area contributed by atoms with Crippen molar-refractivity contribution in [2.45, 2.75) is 84.3 Å². The number of quaternary nitrogens is 1. The van der Waals surface area contributed by atoms with Gasteiger partial charge in [-0.15, -0.1) is 0 Å². The summed E-state index contributed by atoms with van der Waals surface area (Å²) in [5.74, 6) is 0.0521. The van der Waals surface area contributed by atoms with Crippen LogP contribution >= 0.6 is 0 Å². The molecule has 0 fully saturated rings. The molecule has 1 aliphatic rings. The van der Waals surface area contributed by atoms with Crippen molar-refractivity contribution in [1.29, 1.82) is 0 Å². The average Bonchev–Trinajstić information content (AvgIpc) is 2.90. The first-order valence-corrected chi connectivity index (χ1v) is 9.37. The predicted octanol–water partition coefficient (Wildman–Crippen LogP) is 3.56. The Morgan fingerprint density at radius 2 is 1.78 bits per heavy atom. The van der Waals surface area contributed by atoms with Crippen molar-refractivity contribution in [3.05, 3.63) is 0 Å². The number of carboxylic acids is 1. The summed E-state index contributed by atoms with van der Waals surface area (Å²) in [5.41, 5.74) is 0. The lowest BCUT2D eigenvalue weighted by Gasteiger charge is -2.37. The predicted molar refractivity (Wildman–Crippen MR) is 93.5 cm³/mol. The van der Waals surface area contributed by atoms with Gasteiger partial charge in [0.15, 0.2) is 12.8 Å². The van der Waals surface area contributed by atoms with Crippen LogP contribution in [0, 0.1) is 0 Å². The fourth-order valence-corrected chi connectivity index (χ4v) is 3.51. The normalized spacial score (nSPS) is 22.1. The molecule has 23 heavy (non-hydrogen) atoms. The summed E-state index contributed by atoms with van der Waals surface area (Å²) in [4.78, 5) is 15.9. The van der Waals surface area contributed by atoms with E-state index in [0.29, 0.717) is 19.5 Å². The van der Waals surface area contributed by atoms with E-state index in [9.17, 15) is 15.0 Å². The Morgan fingerprint density at radius 1 is 1.13 bits per heavy atom. The molecule has 0 aromatic rings. The topological polar surface area (TPSA) is 69.9 Å². The number of carbonyl (C=O) groups is 1. The summed E-state index contributed by atoms with van der Waals surface area (Å²) < 4.78 is 0.166. The summed E-state index contributed by atoms with van der Waals surface area (Å²) >= 11 is 0. The lowest BCUT2D eigenvalue weighted by atomic mass is 10.1. The molecular weight excluding hydrogens is 292 g/mol. The number of rotatable bonds is 13. The van der Waals surface area contributed by atoms with Gasteiger partial charge in [-0.05, 0) is 12.8 Å². The van der Waals surface area contributed by atoms with E-state index in [2.05, 4.69) is 11.9 Å². The monoisotopic (exact) mass is 327 g/mol. The van der Waals surface area contributed by atoms with Crippen molar-refractivity contribution in [1.82, 2.24) is 0 Å². The highest BCUT2D eigenvalue weighted by Gasteiger charge is 2.45. The van der Waals surface area contributed by atoms with Crippen LogP contribution in [0.3, 0.4) is 0 Å². The van der Waals surface area contributed by atoms with Gasteiger partial charge in [-0.3, -0.25) is 0 Å². The van der Waals surface area contributed by atoms with E-state index >= 15 is 0 Å². The Bertz CT molecular complexity index is 384.